The van der Waals surface area contributed by atoms with E-state index >= 15 is 0 Å². The van der Waals surface area contributed by atoms with E-state index < -0.39 is 0 Å². The first-order valence-corrected chi connectivity index (χ1v) is 18.5. The predicted octanol–water partition coefficient (Wildman–Crippen LogP) is 8.71. The maximum Gasteiger partial charge on any atom is 2.00 e. The van der Waals surface area contributed by atoms with Gasteiger partial charge in [-0.2, -0.15) is 12.8 Å². The Kier molecular flexibility index (Phi) is 25.1. The molecule has 3 aliphatic carbocycles. The van der Waals surface area contributed by atoms with Gasteiger partial charge in [0.15, 0.2) is 11.6 Å². The van der Waals surface area contributed by atoms with Gasteiger partial charge in [-0.15, -0.1) is 5.92 Å². The number of ether oxygens (including phenoxy) is 1. The van der Waals surface area contributed by atoms with Crippen molar-refractivity contribution in [2.75, 3.05) is 0 Å². The Morgan fingerprint density at radius 3 is 1.44 bits per heavy atom. The van der Waals surface area contributed by atoms with Gasteiger partial charge in [0.2, 0.25) is 0 Å². The standard InChI is InChI=1S/C24H35O5.C16H25O2.U/c1-2-21(26)7-5-3-4-6-8-23(27)19-13-15-22(16-14-19)29-24(28)20-11-9-18(17-25)10-12-20;1-2-15(17)12-8-3-4-9-13-16(18)14-10-6-5-7-11-14;/h2,18-20,22H,1,3-16H2;2,5,14H,1,3-4,6-13H2;/q2*-1;+2. The second-order valence-electron chi connectivity index (χ2n) is 13.8. The van der Waals surface area contributed by atoms with Crippen LogP contribution in [0.5, 0.6) is 0 Å². The third-order valence-corrected chi connectivity index (χ3v) is 10.2. The molecular formula is C40H60O7U. The summed E-state index contributed by atoms with van der Waals surface area (Å²) in [4.78, 5) is 69.5. The molecule has 3 fully saturated rings. The molecule has 0 aromatic carbocycles. The molecule has 7 nitrogen and oxygen atoms in total. The van der Waals surface area contributed by atoms with E-state index in [4.69, 9.17) is 4.74 Å². The molecule has 0 saturated heterocycles. The minimum Gasteiger partial charge on any atom is -0.542 e. The van der Waals surface area contributed by atoms with Gasteiger partial charge < -0.3 is 16.0 Å². The molecule has 0 unspecified atom stereocenters. The number of carbonyl (C=O) groups excluding carboxylic acids is 6. The number of allylic oxidation sites excluding steroid dienone is 2. The quantitative estimate of drug-likeness (QED) is 0.0491. The summed E-state index contributed by atoms with van der Waals surface area (Å²) in [6.45, 7) is 6.92. The molecule has 0 aromatic rings. The van der Waals surface area contributed by atoms with Crippen molar-refractivity contribution in [2.45, 2.75) is 160 Å². The van der Waals surface area contributed by atoms with Gasteiger partial charge in [-0.05, 0) is 76.4 Å². The molecule has 0 aromatic heterocycles. The van der Waals surface area contributed by atoms with E-state index in [1.54, 1.807) is 0 Å². The molecule has 3 saturated carbocycles. The second kappa shape index (κ2) is 27.1. The van der Waals surface area contributed by atoms with Crippen LogP contribution in [0.25, 0.3) is 0 Å². The zero-order valence-corrected chi connectivity index (χ0v) is 33.5. The van der Waals surface area contributed by atoms with Crippen LogP contribution in [0.3, 0.4) is 0 Å². The topological polar surface area (TPSA) is 112 Å². The Labute approximate surface area is 314 Å². The van der Waals surface area contributed by atoms with E-state index in [2.05, 4.69) is 19.6 Å². The van der Waals surface area contributed by atoms with Crippen molar-refractivity contribution < 1.29 is 64.6 Å². The van der Waals surface area contributed by atoms with Gasteiger partial charge in [0.25, 0.3) is 0 Å². The minimum absolute atomic E-state index is 0. The molecule has 0 heterocycles. The Bertz CT molecular complexity index is 999. The van der Waals surface area contributed by atoms with Crippen LogP contribution in [-0.4, -0.2) is 41.5 Å². The van der Waals surface area contributed by atoms with E-state index in [0.717, 1.165) is 122 Å². The molecule has 0 spiro atoms. The molecule has 0 N–H and O–H groups in total. The van der Waals surface area contributed by atoms with Crippen LogP contribution in [0, 0.1) is 61.2 Å². The van der Waals surface area contributed by atoms with Crippen LogP contribution >= 0.6 is 0 Å². The maximum absolute atomic E-state index is 12.4. The average Bonchev–Trinajstić information content (AvgIpc) is 3.11. The Morgan fingerprint density at radius 2 is 1.00 bits per heavy atom. The van der Waals surface area contributed by atoms with Gasteiger partial charge in [0.05, 0.1) is 5.92 Å². The van der Waals surface area contributed by atoms with E-state index in [-0.39, 0.29) is 72.5 Å². The van der Waals surface area contributed by atoms with Crippen LogP contribution in [0.1, 0.15) is 154 Å². The number of hydrogen-bond acceptors (Lipinski definition) is 7. The summed E-state index contributed by atoms with van der Waals surface area (Å²) in [5.74, 6) is 1.22. The molecular weight excluding hydrogens is 830 g/mol. The summed E-state index contributed by atoms with van der Waals surface area (Å²) in [6, 6.07) is 0. The third-order valence-electron chi connectivity index (χ3n) is 10.2. The fourth-order valence-corrected chi connectivity index (χ4v) is 6.98. The molecule has 0 radical (unpaired) electrons. The Morgan fingerprint density at radius 1 is 0.583 bits per heavy atom. The Balaban J connectivity index is 0.000000523. The van der Waals surface area contributed by atoms with Gasteiger partial charge in [0.1, 0.15) is 17.7 Å². The summed E-state index contributed by atoms with van der Waals surface area (Å²) < 4.78 is 5.70. The molecule has 0 aliphatic heterocycles. The normalized spacial score (nSPS) is 22.5. The average molecular weight is 891 g/mol. The van der Waals surface area contributed by atoms with Crippen molar-refractivity contribution in [3.8, 4) is 0 Å². The second-order valence-corrected chi connectivity index (χ2v) is 13.8. The van der Waals surface area contributed by atoms with E-state index in [9.17, 15) is 28.8 Å². The first-order chi connectivity index (χ1) is 22.8. The van der Waals surface area contributed by atoms with Crippen LogP contribution in [0.15, 0.2) is 25.3 Å². The van der Waals surface area contributed by atoms with Crippen LogP contribution < -0.4 is 0 Å². The summed E-state index contributed by atoms with van der Waals surface area (Å²) in [5, 5.41) is 0. The minimum atomic E-state index is -0.126. The fraction of sp³-hybridized carbons (Fsp3) is 0.725. The zero-order chi connectivity index (χ0) is 34.3. The molecule has 0 amide bonds. The van der Waals surface area contributed by atoms with Crippen molar-refractivity contribution in [3.63, 3.8) is 0 Å². The van der Waals surface area contributed by atoms with Crippen LogP contribution in [0.4, 0.5) is 0 Å². The van der Waals surface area contributed by atoms with Crippen molar-refractivity contribution in [2.24, 2.45) is 23.7 Å². The summed E-state index contributed by atoms with van der Waals surface area (Å²) in [6.07, 6.45) is 27.7. The number of rotatable bonds is 21. The molecule has 3 aliphatic rings. The third kappa shape index (κ3) is 18.9. The van der Waals surface area contributed by atoms with Gasteiger partial charge in [-0.25, -0.2) is 0 Å². The van der Waals surface area contributed by atoms with Crippen LogP contribution in [-0.2, 0) is 33.5 Å². The van der Waals surface area contributed by atoms with Crippen LogP contribution in [0.2, 0.25) is 0 Å². The molecule has 48 heavy (non-hydrogen) atoms. The molecule has 266 valence electrons. The van der Waals surface area contributed by atoms with Gasteiger partial charge in [0, 0.05) is 37.5 Å². The first kappa shape index (κ1) is 44.4. The summed E-state index contributed by atoms with van der Waals surface area (Å²) in [5.41, 5.74) is 0. The number of ketones is 4. The monoisotopic (exact) mass is 890 g/mol. The van der Waals surface area contributed by atoms with E-state index in [1.807, 2.05) is 6.29 Å². The number of Topliss-reactive ketones (excluding diaryl/α,β-unsaturated/α-hetero) is 2. The molecule has 8 heteroatoms. The predicted molar refractivity (Wildman–Crippen MR) is 185 cm³/mol. The largest absolute Gasteiger partial charge is 2.00 e. The zero-order valence-electron chi connectivity index (χ0n) is 29.4. The number of unbranched alkanes of at least 4 members (excludes halogenated alkanes) is 6. The molecule has 0 atom stereocenters. The molecule has 3 rings (SSSR count). The van der Waals surface area contributed by atoms with Crippen molar-refractivity contribution in [1.29, 1.82) is 0 Å². The Hall–Kier alpha value is -1.65. The number of esters is 1. The van der Waals surface area contributed by atoms with E-state index in [0.29, 0.717) is 49.6 Å². The first-order valence-electron chi connectivity index (χ1n) is 18.5. The van der Waals surface area contributed by atoms with Crippen molar-refractivity contribution in [3.05, 3.63) is 31.7 Å². The van der Waals surface area contributed by atoms with Gasteiger partial charge in [-0.3, -0.25) is 30.3 Å². The summed E-state index contributed by atoms with van der Waals surface area (Å²) in [7, 11) is 0. The summed E-state index contributed by atoms with van der Waals surface area (Å²) >= 11 is 0. The van der Waals surface area contributed by atoms with Crippen molar-refractivity contribution in [1.82, 2.24) is 0 Å². The number of carbonyl (C=O) groups is 5. The fourth-order valence-electron chi connectivity index (χ4n) is 6.98. The van der Waals surface area contributed by atoms with Crippen molar-refractivity contribution >= 4 is 35.4 Å². The SMILES string of the molecule is C=CC(=O)CCCCCCC(=O)C1CCC(OC(=O)C2CCC([C-]=O)CC2)CC1.C=CC(=O)CCCCCCC(=O)C1CC[CH-]CC1.[U+2]. The smallest absolute Gasteiger partial charge is 0.542 e. The molecule has 0 bridgehead atoms. The van der Waals surface area contributed by atoms with Gasteiger partial charge in [-0.1, -0.05) is 64.5 Å². The van der Waals surface area contributed by atoms with Gasteiger partial charge >= 0.3 is 37.1 Å². The van der Waals surface area contributed by atoms with E-state index in [1.165, 1.54) is 12.2 Å². The maximum atomic E-state index is 12.4. The number of hydrogen-bond donors (Lipinski definition) is 0.